The zero-order valence-corrected chi connectivity index (χ0v) is 11.1. The molecule has 0 aliphatic heterocycles. The van der Waals surface area contributed by atoms with Gasteiger partial charge in [-0.2, -0.15) is 0 Å². The van der Waals surface area contributed by atoms with Crippen molar-refractivity contribution in [2.75, 3.05) is 6.54 Å². The normalized spacial score (nSPS) is 12.1. The number of rotatable bonds is 7. The lowest BCUT2D eigenvalue weighted by atomic mass is 9.94. The second-order valence-corrected chi connectivity index (χ2v) is 5.06. The van der Waals surface area contributed by atoms with E-state index >= 15 is 0 Å². The number of allylic oxidation sites excluding steroid dienone is 1. The van der Waals surface area contributed by atoms with Crippen molar-refractivity contribution in [3.8, 4) is 0 Å². The van der Waals surface area contributed by atoms with Crippen molar-refractivity contribution >= 4 is 11.9 Å². The molecule has 4 nitrogen and oxygen atoms in total. The van der Waals surface area contributed by atoms with E-state index in [1.165, 1.54) is 6.08 Å². The lowest BCUT2D eigenvalue weighted by Crippen LogP contribution is -2.30. The molecule has 98 valence electrons. The molecule has 0 heterocycles. The summed E-state index contributed by atoms with van der Waals surface area (Å²) in [5, 5.41) is 11.5. The Morgan fingerprint density at radius 1 is 1.29 bits per heavy atom. The van der Waals surface area contributed by atoms with E-state index in [0.717, 1.165) is 12.0 Å². The largest absolute Gasteiger partial charge is 0.481 e. The maximum Gasteiger partial charge on any atom is 0.303 e. The first kappa shape index (κ1) is 15.7. The third-order valence-electron chi connectivity index (χ3n) is 2.25. The van der Waals surface area contributed by atoms with E-state index in [1.807, 2.05) is 27.7 Å². The fraction of sp³-hybridized carbons (Fsp3) is 0.692. The first-order valence-corrected chi connectivity index (χ1v) is 5.95. The molecule has 1 atom stereocenters. The highest BCUT2D eigenvalue weighted by atomic mass is 16.4. The average Bonchev–Trinajstić information content (AvgIpc) is 2.11. The summed E-state index contributed by atoms with van der Waals surface area (Å²) < 4.78 is 0. The summed E-state index contributed by atoms with van der Waals surface area (Å²) in [6.07, 6.45) is 2.43. The second-order valence-electron chi connectivity index (χ2n) is 5.06. The molecule has 17 heavy (non-hydrogen) atoms. The Hall–Kier alpha value is -1.32. The molecule has 0 aromatic carbocycles. The molecule has 0 saturated carbocycles. The molecule has 0 spiro atoms. The number of amides is 1. The predicted molar refractivity (Wildman–Crippen MR) is 67.6 cm³/mol. The third kappa shape index (κ3) is 9.60. The highest BCUT2D eigenvalue weighted by molar-refractivity contribution is 5.88. The molecule has 0 saturated heterocycles. The minimum Gasteiger partial charge on any atom is -0.481 e. The number of carboxylic acid groups (broad SMARTS) is 1. The van der Waals surface area contributed by atoms with Gasteiger partial charge < -0.3 is 10.4 Å². The number of hydrogen-bond donors (Lipinski definition) is 2. The molecule has 0 aromatic heterocycles. The van der Waals surface area contributed by atoms with Crippen molar-refractivity contribution in [1.29, 1.82) is 0 Å². The molecule has 0 fully saturated rings. The van der Waals surface area contributed by atoms with Gasteiger partial charge in [-0.25, -0.2) is 0 Å². The molecule has 4 heteroatoms. The lowest BCUT2D eigenvalue weighted by molar-refractivity contribution is -0.138. The fourth-order valence-electron chi connectivity index (χ4n) is 1.71. The topological polar surface area (TPSA) is 66.4 Å². The molecule has 2 N–H and O–H groups in total. The van der Waals surface area contributed by atoms with Gasteiger partial charge in [0, 0.05) is 19.0 Å². The van der Waals surface area contributed by atoms with Gasteiger partial charge in [0.2, 0.25) is 5.91 Å². The summed E-state index contributed by atoms with van der Waals surface area (Å²) in [5.41, 5.74) is 0.932. The van der Waals surface area contributed by atoms with Gasteiger partial charge in [-0.3, -0.25) is 9.59 Å². The first-order valence-electron chi connectivity index (χ1n) is 5.95. The van der Waals surface area contributed by atoms with Crippen LogP contribution >= 0.6 is 0 Å². The van der Waals surface area contributed by atoms with Crippen LogP contribution in [0, 0.1) is 11.8 Å². The van der Waals surface area contributed by atoms with E-state index in [1.54, 1.807) is 0 Å². The number of carbonyl (C=O) groups is 2. The van der Waals surface area contributed by atoms with Gasteiger partial charge in [0.25, 0.3) is 0 Å². The van der Waals surface area contributed by atoms with Gasteiger partial charge >= 0.3 is 5.97 Å². The highest BCUT2D eigenvalue weighted by Gasteiger charge is 2.15. The first-order chi connectivity index (χ1) is 7.81. The van der Waals surface area contributed by atoms with Crippen LogP contribution in [0.15, 0.2) is 11.6 Å². The van der Waals surface area contributed by atoms with Gasteiger partial charge in [-0.05, 0) is 32.1 Å². The van der Waals surface area contributed by atoms with E-state index in [9.17, 15) is 9.59 Å². The maximum atomic E-state index is 11.4. The SMILES string of the molecule is CC(C)=CC(=O)NCC(CC(=O)O)CC(C)C. The van der Waals surface area contributed by atoms with Crippen LogP contribution in [0.2, 0.25) is 0 Å². The van der Waals surface area contributed by atoms with Crippen molar-refractivity contribution in [3.05, 3.63) is 11.6 Å². The van der Waals surface area contributed by atoms with Crippen LogP contribution in [0.4, 0.5) is 0 Å². The monoisotopic (exact) mass is 241 g/mol. The Kier molecular flexibility index (Phi) is 7.26. The zero-order valence-electron chi connectivity index (χ0n) is 11.1. The quantitative estimate of drug-likeness (QED) is 0.671. The van der Waals surface area contributed by atoms with Gasteiger partial charge in [-0.15, -0.1) is 0 Å². The summed E-state index contributed by atoms with van der Waals surface area (Å²) in [6.45, 7) is 8.22. The molecule has 0 aliphatic carbocycles. The Morgan fingerprint density at radius 2 is 1.88 bits per heavy atom. The van der Waals surface area contributed by atoms with Crippen molar-refractivity contribution in [2.45, 2.75) is 40.5 Å². The Balaban J connectivity index is 4.20. The van der Waals surface area contributed by atoms with Crippen molar-refractivity contribution in [1.82, 2.24) is 5.32 Å². The lowest BCUT2D eigenvalue weighted by Gasteiger charge is -2.17. The summed E-state index contributed by atoms with van der Waals surface area (Å²) in [6, 6.07) is 0. The summed E-state index contributed by atoms with van der Waals surface area (Å²) in [5.74, 6) is -0.530. The number of nitrogens with one attached hydrogen (secondary N) is 1. The summed E-state index contributed by atoms with van der Waals surface area (Å²) in [4.78, 5) is 22.1. The van der Waals surface area contributed by atoms with Crippen molar-refractivity contribution in [2.24, 2.45) is 11.8 Å². The van der Waals surface area contributed by atoms with E-state index in [4.69, 9.17) is 5.11 Å². The third-order valence-corrected chi connectivity index (χ3v) is 2.25. The summed E-state index contributed by atoms with van der Waals surface area (Å²) >= 11 is 0. The van der Waals surface area contributed by atoms with E-state index < -0.39 is 5.97 Å². The molecular formula is C13H23NO3. The van der Waals surface area contributed by atoms with Crippen LogP contribution in [0.25, 0.3) is 0 Å². The molecule has 0 aliphatic rings. The van der Waals surface area contributed by atoms with Crippen molar-refractivity contribution < 1.29 is 14.7 Å². The van der Waals surface area contributed by atoms with E-state index in [2.05, 4.69) is 5.32 Å². The van der Waals surface area contributed by atoms with E-state index in [-0.39, 0.29) is 18.2 Å². The fourth-order valence-corrected chi connectivity index (χ4v) is 1.71. The molecule has 0 bridgehead atoms. The van der Waals surface area contributed by atoms with Crippen LogP contribution in [-0.4, -0.2) is 23.5 Å². The van der Waals surface area contributed by atoms with Gasteiger partial charge in [0.1, 0.15) is 0 Å². The number of aliphatic carboxylic acids is 1. The van der Waals surface area contributed by atoms with Gasteiger partial charge in [-0.1, -0.05) is 19.4 Å². The average molecular weight is 241 g/mol. The molecular weight excluding hydrogens is 218 g/mol. The van der Waals surface area contributed by atoms with Crippen LogP contribution in [0.1, 0.15) is 40.5 Å². The Labute approximate surface area is 103 Å². The van der Waals surface area contributed by atoms with Crippen LogP contribution in [-0.2, 0) is 9.59 Å². The minimum atomic E-state index is -0.813. The molecule has 0 rings (SSSR count). The number of carboxylic acids is 1. The minimum absolute atomic E-state index is 0.00186. The van der Waals surface area contributed by atoms with Gasteiger partial charge in [0.15, 0.2) is 0 Å². The predicted octanol–water partition coefficient (Wildman–Crippen LogP) is 2.21. The smallest absolute Gasteiger partial charge is 0.303 e. The standard InChI is InChI=1S/C13H23NO3/c1-9(2)5-11(7-13(16)17)8-14-12(15)6-10(3)4/h6,9,11H,5,7-8H2,1-4H3,(H,14,15)(H,16,17). The van der Waals surface area contributed by atoms with E-state index in [0.29, 0.717) is 12.5 Å². The van der Waals surface area contributed by atoms with Crippen molar-refractivity contribution in [3.63, 3.8) is 0 Å². The van der Waals surface area contributed by atoms with Crippen LogP contribution < -0.4 is 5.32 Å². The molecule has 0 aromatic rings. The Morgan fingerprint density at radius 3 is 2.29 bits per heavy atom. The Bertz CT molecular complexity index is 291. The second kappa shape index (κ2) is 7.87. The zero-order chi connectivity index (χ0) is 13.4. The summed E-state index contributed by atoms with van der Waals surface area (Å²) in [7, 11) is 0. The van der Waals surface area contributed by atoms with Crippen LogP contribution in [0.3, 0.4) is 0 Å². The molecule has 1 unspecified atom stereocenters. The highest BCUT2D eigenvalue weighted by Crippen LogP contribution is 2.14. The molecule has 1 amide bonds. The molecule has 0 radical (unpaired) electrons. The van der Waals surface area contributed by atoms with Gasteiger partial charge in [0.05, 0.1) is 0 Å². The maximum absolute atomic E-state index is 11.4. The number of hydrogen-bond acceptors (Lipinski definition) is 2. The van der Waals surface area contributed by atoms with Crippen LogP contribution in [0.5, 0.6) is 0 Å². The number of carbonyl (C=O) groups excluding carboxylic acids is 1.